The van der Waals surface area contributed by atoms with Crippen molar-refractivity contribution in [1.29, 1.82) is 0 Å². The molecule has 0 spiro atoms. The summed E-state index contributed by atoms with van der Waals surface area (Å²) in [5.74, 6) is 0.0254. The van der Waals surface area contributed by atoms with E-state index < -0.39 is 0 Å². The first-order valence-electron chi connectivity index (χ1n) is 4.26. The second-order valence-electron chi connectivity index (χ2n) is 3.07. The molecule has 2 aromatic heterocycles. The van der Waals surface area contributed by atoms with Gasteiger partial charge in [-0.1, -0.05) is 0 Å². The van der Waals surface area contributed by atoms with E-state index in [1.54, 1.807) is 10.9 Å². The zero-order valence-corrected chi connectivity index (χ0v) is 7.77. The lowest BCUT2D eigenvalue weighted by molar-refractivity contribution is 0.0992. The van der Waals surface area contributed by atoms with Crippen LogP contribution in [-0.4, -0.2) is 25.8 Å². The van der Waals surface area contributed by atoms with Crippen molar-refractivity contribution in [3.8, 4) is 0 Å². The molecule has 0 aliphatic rings. The molecule has 0 atom stereocenters. The highest BCUT2D eigenvalue weighted by molar-refractivity contribution is 5.96. The molecule has 0 bridgehead atoms. The number of H-pyrrole nitrogens is 1. The van der Waals surface area contributed by atoms with Gasteiger partial charge in [0, 0.05) is 19.4 Å². The normalized spacial score (nSPS) is 10.4. The summed E-state index contributed by atoms with van der Waals surface area (Å²) in [4.78, 5) is 11.6. The number of aryl methyl sites for hydroxylation is 1. The van der Waals surface area contributed by atoms with Gasteiger partial charge >= 0.3 is 0 Å². The van der Waals surface area contributed by atoms with Gasteiger partial charge in [0.2, 0.25) is 0 Å². The zero-order valence-electron chi connectivity index (χ0n) is 7.77. The predicted molar refractivity (Wildman–Crippen MR) is 49.8 cm³/mol. The Morgan fingerprint density at radius 2 is 2.50 bits per heavy atom. The van der Waals surface area contributed by atoms with Gasteiger partial charge in [0.05, 0.1) is 23.9 Å². The monoisotopic (exact) mass is 190 g/mol. The van der Waals surface area contributed by atoms with E-state index in [4.69, 9.17) is 0 Å². The van der Waals surface area contributed by atoms with Crippen molar-refractivity contribution < 1.29 is 4.79 Å². The summed E-state index contributed by atoms with van der Waals surface area (Å²) in [6.07, 6.45) is 5.24. The lowest BCUT2D eigenvalue weighted by Crippen LogP contribution is -2.03. The molecule has 0 amide bonds. The van der Waals surface area contributed by atoms with Gasteiger partial charge in [-0.3, -0.25) is 14.6 Å². The van der Waals surface area contributed by atoms with E-state index >= 15 is 0 Å². The molecule has 0 saturated heterocycles. The van der Waals surface area contributed by atoms with Crippen molar-refractivity contribution in [2.75, 3.05) is 0 Å². The van der Waals surface area contributed by atoms with Crippen LogP contribution < -0.4 is 0 Å². The number of nitrogens with one attached hydrogen (secondary N) is 1. The maximum absolute atomic E-state index is 11.6. The number of rotatable bonds is 3. The lowest BCUT2D eigenvalue weighted by atomic mass is 10.1. The highest BCUT2D eigenvalue weighted by atomic mass is 16.1. The minimum atomic E-state index is 0.0254. The van der Waals surface area contributed by atoms with Gasteiger partial charge in [0.1, 0.15) is 0 Å². The van der Waals surface area contributed by atoms with Crippen molar-refractivity contribution in [2.45, 2.75) is 6.42 Å². The molecule has 0 unspecified atom stereocenters. The predicted octanol–water partition coefficient (Wildman–Crippen LogP) is 0.569. The highest BCUT2D eigenvalue weighted by Gasteiger charge is 2.09. The molecule has 0 aromatic carbocycles. The Morgan fingerprint density at radius 1 is 1.64 bits per heavy atom. The fourth-order valence-corrected chi connectivity index (χ4v) is 1.23. The molecule has 72 valence electrons. The zero-order chi connectivity index (χ0) is 9.97. The van der Waals surface area contributed by atoms with Gasteiger partial charge in [-0.25, -0.2) is 0 Å². The third-order valence-corrected chi connectivity index (χ3v) is 1.93. The maximum Gasteiger partial charge on any atom is 0.172 e. The van der Waals surface area contributed by atoms with Crippen LogP contribution in [-0.2, 0) is 13.5 Å². The summed E-state index contributed by atoms with van der Waals surface area (Å²) < 4.78 is 1.68. The number of hydrogen-bond donors (Lipinski definition) is 1. The molecule has 2 heterocycles. The minimum Gasteiger partial charge on any atom is -0.294 e. The van der Waals surface area contributed by atoms with Crippen molar-refractivity contribution in [3.63, 3.8) is 0 Å². The van der Waals surface area contributed by atoms with E-state index in [1.165, 1.54) is 6.20 Å². The fourth-order valence-electron chi connectivity index (χ4n) is 1.23. The molecule has 0 fully saturated rings. The second kappa shape index (κ2) is 3.45. The second-order valence-corrected chi connectivity index (χ2v) is 3.07. The van der Waals surface area contributed by atoms with Gasteiger partial charge in [0.25, 0.3) is 0 Å². The van der Waals surface area contributed by atoms with Gasteiger partial charge in [-0.05, 0) is 6.07 Å². The Morgan fingerprint density at radius 3 is 3.07 bits per heavy atom. The van der Waals surface area contributed by atoms with Gasteiger partial charge in [0.15, 0.2) is 5.78 Å². The van der Waals surface area contributed by atoms with Crippen LogP contribution in [0.15, 0.2) is 24.7 Å². The molecule has 0 aliphatic heterocycles. The molecular weight excluding hydrogens is 180 g/mol. The number of Topliss-reactive ketones (excluding diaryl/α,β-unsaturated/α-hetero) is 1. The molecule has 0 saturated carbocycles. The molecule has 0 radical (unpaired) electrons. The van der Waals surface area contributed by atoms with Gasteiger partial charge in [-0.15, -0.1) is 0 Å². The summed E-state index contributed by atoms with van der Waals surface area (Å²) in [5.41, 5.74) is 1.37. The van der Waals surface area contributed by atoms with Crippen LogP contribution in [0.5, 0.6) is 0 Å². The standard InChI is InChI=1S/C9H10N4O/c1-13-3-2-8(12-13)4-9(14)7-5-10-11-6-7/h2-3,5-6H,4H2,1H3,(H,10,11). The molecule has 2 aromatic rings. The van der Waals surface area contributed by atoms with E-state index in [0.29, 0.717) is 12.0 Å². The van der Waals surface area contributed by atoms with E-state index in [2.05, 4.69) is 15.3 Å². The number of ketones is 1. The Hall–Kier alpha value is -1.91. The molecule has 0 aliphatic carbocycles. The molecular formula is C9H10N4O. The Balaban J connectivity index is 2.09. The number of carbonyl (C=O) groups excluding carboxylic acids is 1. The summed E-state index contributed by atoms with van der Waals surface area (Å²) in [7, 11) is 1.83. The number of hydrogen-bond acceptors (Lipinski definition) is 3. The average molecular weight is 190 g/mol. The summed E-state index contributed by atoms with van der Waals surface area (Å²) in [5, 5.41) is 10.4. The largest absolute Gasteiger partial charge is 0.294 e. The average Bonchev–Trinajstić information content (AvgIpc) is 2.75. The van der Waals surface area contributed by atoms with E-state index in [9.17, 15) is 4.79 Å². The van der Waals surface area contributed by atoms with Crippen LogP contribution in [0.25, 0.3) is 0 Å². The number of aromatic nitrogens is 4. The van der Waals surface area contributed by atoms with Gasteiger partial charge in [-0.2, -0.15) is 10.2 Å². The quantitative estimate of drug-likeness (QED) is 0.719. The Bertz CT molecular complexity index is 429. The summed E-state index contributed by atoms with van der Waals surface area (Å²) >= 11 is 0. The summed E-state index contributed by atoms with van der Waals surface area (Å²) in [6, 6.07) is 1.83. The van der Waals surface area contributed by atoms with Gasteiger partial charge < -0.3 is 0 Å². The molecule has 1 N–H and O–H groups in total. The number of nitrogens with zero attached hydrogens (tertiary/aromatic N) is 3. The molecule has 14 heavy (non-hydrogen) atoms. The first-order valence-corrected chi connectivity index (χ1v) is 4.26. The van der Waals surface area contributed by atoms with Crippen LogP contribution in [0.1, 0.15) is 16.1 Å². The van der Waals surface area contributed by atoms with Crippen molar-refractivity contribution >= 4 is 5.78 Å². The van der Waals surface area contributed by atoms with Crippen molar-refractivity contribution in [3.05, 3.63) is 35.9 Å². The highest BCUT2D eigenvalue weighted by Crippen LogP contribution is 2.03. The number of aromatic amines is 1. The maximum atomic E-state index is 11.6. The Kier molecular flexibility index (Phi) is 2.14. The van der Waals surface area contributed by atoms with Crippen molar-refractivity contribution in [1.82, 2.24) is 20.0 Å². The van der Waals surface area contributed by atoms with Crippen molar-refractivity contribution in [2.24, 2.45) is 7.05 Å². The van der Waals surface area contributed by atoms with E-state index in [1.807, 2.05) is 19.3 Å². The first kappa shape index (κ1) is 8.68. The van der Waals surface area contributed by atoms with E-state index in [0.717, 1.165) is 5.69 Å². The Labute approximate surface area is 80.7 Å². The molecule has 5 heteroatoms. The van der Waals surface area contributed by atoms with Crippen LogP contribution >= 0.6 is 0 Å². The first-order chi connectivity index (χ1) is 6.75. The lowest BCUT2D eigenvalue weighted by Gasteiger charge is -1.92. The SMILES string of the molecule is Cn1ccc(CC(=O)c2cn[nH]c2)n1. The minimum absolute atomic E-state index is 0.0254. The topological polar surface area (TPSA) is 63.6 Å². The van der Waals surface area contributed by atoms with Crippen LogP contribution in [0.3, 0.4) is 0 Å². The van der Waals surface area contributed by atoms with Crippen LogP contribution in [0, 0.1) is 0 Å². The van der Waals surface area contributed by atoms with E-state index in [-0.39, 0.29) is 5.78 Å². The molecule has 2 rings (SSSR count). The third kappa shape index (κ3) is 1.71. The van der Waals surface area contributed by atoms with Crippen LogP contribution in [0.4, 0.5) is 0 Å². The smallest absolute Gasteiger partial charge is 0.172 e. The summed E-state index contributed by atoms with van der Waals surface area (Å²) in [6.45, 7) is 0. The number of carbonyl (C=O) groups is 1. The molecule has 5 nitrogen and oxygen atoms in total. The third-order valence-electron chi connectivity index (χ3n) is 1.93. The fraction of sp³-hybridized carbons (Fsp3) is 0.222. The van der Waals surface area contributed by atoms with Crippen LogP contribution in [0.2, 0.25) is 0 Å².